The van der Waals surface area contributed by atoms with E-state index in [0.717, 1.165) is 0 Å². The molecule has 0 aliphatic rings. The third-order valence-corrected chi connectivity index (χ3v) is 2.62. The molecule has 114 valence electrons. The average molecular weight is 368 g/mol. The minimum Gasteiger partial charge on any atom is -0.550 e. The van der Waals surface area contributed by atoms with Crippen LogP contribution in [0.1, 0.15) is 19.3 Å². The molecule has 0 aliphatic heterocycles. The first kappa shape index (κ1) is 27.9. The molecule has 2 atom stereocenters. The van der Waals surface area contributed by atoms with Crippen molar-refractivity contribution >= 4 is 23.9 Å². The number of nitrogens with two attached hydrogens (primary N) is 1. The first-order valence-corrected chi connectivity index (χ1v) is 5.43. The Hall–Kier alpha value is 1.07. The molecular weight excluding hydrogens is 354 g/mol. The van der Waals surface area contributed by atoms with Crippen molar-refractivity contribution in [2.45, 2.75) is 30.8 Å². The second kappa shape index (κ2) is 13.4. The van der Waals surface area contributed by atoms with Gasteiger partial charge in [-0.15, -0.1) is 0 Å². The van der Waals surface area contributed by atoms with Crippen LogP contribution in [0.3, 0.4) is 0 Å². The van der Waals surface area contributed by atoms with Crippen LogP contribution in [0.4, 0.5) is 0 Å². The predicted octanol–water partition coefficient (Wildman–Crippen LogP) is -10.5. The Kier molecular flexibility index (Phi) is 17.0. The van der Waals surface area contributed by atoms with Gasteiger partial charge in [0, 0.05) is 30.5 Å². The van der Waals surface area contributed by atoms with Gasteiger partial charge in [-0.25, -0.2) is 0 Å². The van der Waals surface area contributed by atoms with Crippen molar-refractivity contribution in [3.8, 4) is 0 Å². The molecule has 0 saturated heterocycles. The van der Waals surface area contributed by atoms with Gasteiger partial charge in [-0.05, 0) is 0 Å². The number of carboxylic acid groups (broad SMARTS) is 4. The summed E-state index contributed by atoms with van der Waals surface area (Å²) in [7, 11) is 0. The Bertz CT molecular complexity index is 402. The molecule has 0 aromatic heterocycles. The molecule has 0 aliphatic carbocycles. The van der Waals surface area contributed by atoms with Gasteiger partial charge in [0.1, 0.15) is 0 Å². The van der Waals surface area contributed by atoms with Gasteiger partial charge in [-0.1, -0.05) is 0 Å². The van der Waals surface area contributed by atoms with Crippen LogP contribution >= 0.6 is 0 Å². The van der Waals surface area contributed by atoms with Gasteiger partial charge < -0.3 is 41.1 Å². The molecule has 0 aromatic rings. The third kappa shape index (κ3) is 11.6. The second-order valence-corrected chi connectivity index (χ2v) is 4.21. The molecule has 0 heterocycles. The SMILES string of the molecule is NC(CC(=O)O)C(CC(=O)[O-])(CC(=O)O)NCC(=O)[O-].[K+].[K+]. The number of carbonyl (C=O) groups excluding carboxylic acids is 2. The molecular formula is C10H14K2N2O8. The van der Waals surface area contributed by atoms with Crippen molar-refractivity contribution in [2.24, 2.45) is 5.73 Å². The van der Waals surface area contributed by atoms with E-state index in [1.807, 2.05) is 0 Å². The van der Waals surface area contributed by atoms with Crippen molar-refractivity contribution < 1.29 is 142 Å². The largest absolute Gasteiger partial charge is 1.00 e. The van der Waals surface area contributed by atoms with Gasteiger partial charge in [-0.3, -0.25) is 9.59 Å². The zero-order valence-corrected chi connectivity index (χ0v) is 18.6. The minimum absolute atomic E-state index is 0. The van der Waals surface area contributed by atoms with E-state index in [1.54, 1.807) is 0 Å². The maximum absolute atomic E-state index is 10.8. The summed E-state index contributed by atoms with van der Waals surface area (Å²) in [5, 5.41) is 40.7. The van der Waals surface area contributed by atoms with Crippen LogP contribution < -0.4 is 124 Å². The van der Waals surface area contributed by atoms with E-state index in [9.17, 15) is 29.4 Å². The summed E-state index contributed by atoms with van der Waals surface area (Å²) < 4.78 is 0. The van der Waals surface area contributed by atoms with Gasteiger partial charge in [0.25, 0.3) is 0 Å². The van der Waals surface area contributed by atoms with Crippen LogP contribution in [0.15, 0.2) is 0 Å². The maximum Gasteiger partial charge on any atom is 1.00 e. The van der Waals surface area contributed by atoms with E-state index < -0.39 is 61.3 Å². The zero-order valence-electron chi connectivity index (χ0n) is 12.3. The summed E-state index contributed by atoms with van der Waals surface area (Å²) in [6, 6.07) is -1.45. The molecule has 0 aromatic carbocycles. The minimum atomic E-state index is -1.97. The van der Waals surface area contributed by atoms with Gasteiger partial charge in [0.2, 0.25) is 0 Å². The molecule has 0 fully saturated rings. The van der Waals surface area contributed by atoms with E-state index in [2.05, 4.69) is 5.32 Å². The molecule has 0 amide bonds. The normalized spacial score (nSPS) is 13.7. The Morgan fingerprint density at radius 3 is 1.82 bits per heavy atom. The van der Waals surface area contributed by atoms with Gasteiger partial charge in [0.15, 0.2) is 0 Å². The van der Waals surface area contributed by atoms with Crippen molar-refractivity contribution in [2.75, 3.05) is 6.54 Å². The molecule has 0 spiro atoms. The molecule has 22 heavy (non-hydrogen) atoms. The van der Waals surface area contributed by atoms with Crippen LogP contribution in [0.5, 0.6) is 0 Å². The van der Waals surface area contributed by atoms with Gasteiger partial charge in [0.05, 0.1) is 18.8 Å². The van der Waals surface area contributed by atoms with Gasteiger partial charge in [-0.2, -0.15) is 0 Å². The fourth-order valence-corrected chi connectivity index (χ4v) is 1.74. The first-order chi connectivity index (χ1) is 9.09. The summed E-state index contributed by atoms with van der Waals surface area (Å²) in [5.74, 6) is -6.18. The summed E-state index contributed by atoms with van der Waals surface area (Å²) in [6.45, 7) is -0.881. The van der Waals surface area contributed by atoms with Crippen LogP contribution in [-0.4, -0.2) is 52.2 Å². The van der Waals surface area contributed by atoms with Crippen LogP contribution in [0.2, 0.25) is 0 Å². The second-order valence-electron chi connectivity index (χ2n) is 4.21. The standard InChI is InChI=1S/C10H16N2O8.2K/c11-5(1-6(13)14)10(2-7(15)16,3-8(17)18)12-4-9(19)20;;/h5,12H,1-4,11H2,(H,13,14)(H,15,16)(H,17,18)(H,19,20);;/q;2*+1/p-2. The first-order valence-electron chi connectivity index (χ1n) is 5.43. The average Bonchev–Trinajstić information content (AvgIpc) is 2.23. The van der Waals surface area contributed by atoms with Crippen molar-refractivity contribution in [3.63, 3.8) is 0 Å². The summed E-state index contributed by atoms with van der Waals surface area (Å²) >= 11 is 0. The Labute approximate surface area is 211 Å². The summed E-state index contributed by atoms with van der Waals surface area (Å²) in [6.07, 6.45) is -2.59. The van der Waals surface area contributed by atoms with E-state index in [4.69, 9.17) is 15.9 Å². The molecule has 0 bridgehead atoms. The maximum atomic E-state index is 10.8. The van der Waals surface area contributed by atoms with Gasteiger partial charge >= 0.3 is 115 Å². The Balaban J connectivity index is -0.00000180. The summed E-state index contributed by atoms with van der Waals surface area (Å²) in [4.78, 5) is 42.6. The van der Waals surface area contributed by atoms with E-state index in [-0.39, 0.29) is 103 Å². The zero-order chi connectivity index (χ0) is 15.9. The van der Waals surface area contributed by atoms with E-state index >= 15 is 0 Å². The van der Waals surface area contributed by atoms with Crippen molar-refractivity contribution in [1.82, 2.24) is 5.32 Å². The molecule has 0 saturated carbocycles. The smallest absolute Gasteiger partial charge is 0.550 e. The number of carbonyl (C=O) groups is 4. The molecule has 0 radical (unpaired) electrons. The van der Waals surface area contributed by atoms with Crippen LogP contribution in [-0.2, 0) is 19.2 Å². The van der Waals surface area contributed by atoms with Crippen molar-refractivity contribution in [1.29, 1.82) is 0 Å². The van der Waals surface area contributed by atoms with Crippen LogP contribution in [0, 0.1) is 0 Å². The predicted molar refractivity (Wildman–Crippen MR) is 57.8 cm³/mol. The molecule has 12 heteroatoms. The number of carboxylic acids is 4. The monoisotopic (exact) mass is 368 g/mol. The molecule has 5 N–H and O–H groups in total. The number of hydrogen-bond donors (Lipinski definition) is 4. The van der Waals surface area contributed by atoms with Crippen molar-refractivity contribution in [3.05, 3.63) is 0 Å². The van der Waals surface area contributed by atoms with E-state index in [1.165, 1.54) is 0 Å². The number of rotatable bonds is 10. The Morgan fingerprint density at radius 1 is 1.00 bits per heavy atom. The fourth-order valence-electron chi connectivity index (χ4n) is 1.74. The Morgan fingerprint density at radius 2 is 1.50 bits per heavy atom. The fraction of sp³-hybridized carbons (Fsp3) is 0.600. The van der Waals surface area contributed by atoms with Crippen LogP contribution in [0.25, 0.3) is 0 Å². The molecule has 10 nitrogen and oxygen atoms in total. The summed E-state index contributed by atoms with van der Waals surface area (Å²) in [5.41, 5.74) is 3.56. The molecule has 0 rings (SSSR count). The third-order valence-electron chi connectivity index (χ3n) is 2.62. The number of hydrogen-bond acceptors (Lipinski definition) is 8. The number of aliphatic carboxylic acids is 4. The number of nitrogens with one attached hydrogen (secondary N) is 1. The van der Waals surface area contributed by atoms with E-state index in [0.29, 0.717) is 0 Å². The molecule has 2 unspecified atom stereocenters. The topological polar surface area (TPSA) is 193 Å². The quantitative estimate of drug-likeness (QED) is 0.269.